The molecule has 8 heteroatoms. The van der Waals surface area contributed by atoms with Crippen LogP contribution in [0.2, 0.25) is 0 Å². The Morgan fingerprint density at radius 1 is 1.53 bits per heavy atom. The summed E-state index contributed by atoms with van der Waals surface area (Å²) in [6, 6.07) is 2.30. The number of benzene rings is 1. The largest absolute Gasteiger partial charge is 0.382 e. The number of methoxy groups -OCH3 is 2. The standard InChI is InChI=1S/C11H14FIN2O4/c1-18-6-7(19-2)5-14-10-3-8(12)9(13)4-11(10)15(16)17/h3-4,7,14H,5-6H2,1-2H3. The Kier molecular flexibility index (Phi) is 6.38. The lowest BCUT2D eigenvalue weighted by molar-refractivity contribution is -0.384. The van der Waals surface area contributed by atoms with Crippen LogP contribution in [-0.4, -0.2) is 38.4 Å². The lowest BCUT2D eigenvalue weighted by Gasteiger charge is -2.16. The Labute approximate surface area is 123 Å². The van der Waals surface area contributed by atoms with Gasteiger partial charge in [0.15, 0.2) is 0 Å². The molecule has 0 aliphatic heterocycles. The lowest BCUT2D eigenvalue weighted by Crippen LogP contribution is -2.26. The third kappa shape index (κ3) is 4.55. The molecule has 106 valence electrons. The molecule has 0 amide bonds. The maximum Gasteiger partial charge on any atom is 0.293 e. The molecular formula is C11H14FIN2O4. The Hall–Kier alpha value is -1.00. The molecule has 6 nitrogen and oxygen atoms in total. The Balaban J connectivity index is 2.87. The van der Waals surface area contributed by atoms with Crippen LogP contribution < -0.4 is 5.32 Å². The van der Waals surface area contributed by atoms with Crippen molar-refractivity contribution in [1.82, 2.24) is 0 Å². The van der Waals surface area contributed by atoms with Gasteiger partial charge in [-0.25, -0.2) is 4.39 Å². The molecule has 1 aromatic rings. The van der Waals surface area contributed by atoms with Crippen molar-refractivity contribution in [2.24, 2.45) is 0 Å². The van der Waals surface area contributed by atoms with Gasteiger partial charge < -0.3 is 14.8 Å². The number of hydrogen-bond donors (Lipinski definition) is 1. The Bertz CT molecular complexity index is 459. The number of nitrogens with one attached hydrogen (secondary N) is 1. The average Bonchev–Trinajstić information content (AvgIpc) is 2.37. The van der Waals surface area contributed by atoms with Gasteiger partial charge in [0.1, 0.15) is 11.5 Å². The third-order valence-corrected chi connectivity index (χ3v) is 3.27. The van der Waals surface area contributed by atoms with Crippen molar-refractivity contribution in [3.05, 3.63) is 31.6 Å². The molecule has 0 saturated heterocycles. The monoisotopic (exact) mass is 384 g/mol. The molecule has 0 heterocycles. The van der Waals surface area contributed by atoms with Crippen LogP contribution in [0.4, 0.5) is 15.8 Å². The Morgan fingerprint density at radius 2 is 2.21 bits per heavy atom. The fourth-order valence-electron chi connectivity index (χ4n) is 1.45. The summed E-state index contributed by atoms with van der Waals surface area (Å²) in [5.74, 6) is -0.505. The highest BCUT2D eigenvalue weighted by Gasteiger charge is 2.18. The molecule has 0 aliphatic rings. The van der Waals surface area contributed by atoms with E-state index in [1.807, 2.05) is 0 Å². The number of halogens is 2. The van der Waals surface area contributed by atoms with Gasteiger partial charge in [-0.1, -0.05) is 0 Å². The van der Waals surface area contributed by atoms with Gasteiger partial charge in [-0.2, -0.15) is 0 Å². The van der Waals surface area contributed by atoms with Gasteiger partial charge in [0.25, 0.3) is 5.69 Å². The van der Waals surface area contributed by atoms with E-state index in [1.54, 1.807) is 22.6 Å². The summed E-state index contributed by atoms with van der Waals surface area (Å²) in [6.45, 7) is 0.620. The van der Waals surface area contributed by atoms with E-state index in [-0.39, 0.29) is 27.6 Å². The summed E-state index contributed by atoms with van der Waals surface area (Å²) < 4.78 is 23.7. The molecule has 1 atom stereocenters. The quantitative estimate of drug-likeness (QED) is 0.444. The number of nitro groups is 1. The number of rotatable bonds is 7. The van der Waals surface area contributed by atoms with E-state index >= 15 is 0 Å². The summed E-state index contributed by atoms with van der Waals surface area (Å²) in [4.78, 5) is 10.4. The van der Waals surface area contributed by atoms with Crippen LogP contribution in [0.3, 0.4) is 0 Å². The lowest BCUT2D eigenvalue weighted by atomic mass is 10.2. The summed E-state index contributed by atoms with van der Waals surface area (Å²) in [7, 11) is 3.04. The minimum absolute atomic E-state index is 0.126. The molecular weight excluding hydrogens is 370 g/mol. The van der Waals surface area contributed by atoms with Gasteiger partial charge >= 0.3 is 0 Å². The van der Waals surface area contributed by atoms with Crippen molar-refractivity contribution in [1.29, 1.82) is 0 Å². The SMILES string of the molecule is COCC(CNc1cc(F)c(I)cc1[N+](=O)[O-])OC. The normalized spacial score (nSPS) is 12.2. The highest BCUT2D eigenvalue weighted by atomic mass is 127. The van der Waals surface area contributed by atoms with E-state index < -0.39 is 10.7 Å². The third-order valence-electron chi connectivity index (χ3n) is 2.44. The van der Waals surface area contributed by atoms with Gasteiger partial charge in [-0.3, -0.25) is 10.1 Å². The van der Waals surface area contributed by atoms with Crippen LogP contribution in [-0.2, 0) is 9.47 Å². The fraction of sp³-hybridized carbons (Fsp3) is 0.455. The molecule has 0 saturated carbocycles. The van der Waals surface area contributed by atoms with Crippen molar-refractivity contribution >= 4 is 34.0 Å². The molecule has 0 fully saturated rings. The van der Waals surface area contributed by atoms with Crippen molar-refractivity contribution in [3.8, 4) is 0 Å². The predicted octanol–water partition coefficient (Wildman–Crippen LogP) is 2.41. The predicted molar refractivity (Wildman–Crippen MR) is 76.9 cm³/mol. The first-order valence-corrected chi connectivity index (χ1v) is 6.46. The van der Waals surface area contributed by atoms with Crippen LogP contribution in [0.1, 0.15) is 0 Å². The average molecular weight is 384 g/mol. The van der Waals surface area contributed by atoms with Crippen molar-refractivity contribution in [3.63, 3.8) is 0 Å². The van der Waals surface area contributed by atoms with E-state index in [1.165, 1.54) is 20.3 Å². The van der Waals surface area contributed by atoms with Gasteiger partial charge in [-0.05, 0) is 22.6 Å². The van der Waals surface area contributed by atoms with Gasteiger partial charge in [-0.15, -0.1) is 0 Å². The summed E-state index contributed by atoms with van der Waals surface area (Å²) >= 11 is 1.71. The maximum atomic E-state index is 13.5. The number of nitro benzene ring substituents is 1. The number of anilines is 1. The van der Waals surface area contributed by atoms with Gasteiger partial charge in [0.2, 0.25) is 0 Å². The summed E-state index contributed by atoms with van der Waals surface area (Å²) in [5, 5.41) is 13.7. The van der Waals surface area contributed by atoms with Crippen LogP contribution in [0.25, 0.3) is 0 Å². The maximum absolute atomic E-state index is 13.5. The second kappa shape index (κ2) is 7.56. The second-order valence-corrected chi connectivity index (χ2v) is 4.90. The van der Waals surface area contributed by atoms with E-state index in [0.29, 0.717) is 6.61 Å². The van der Waals surface area contributed by atoms with E-state index in [4.69, 9.17) is 9.47 Å². The number of hydrogen-bond acceptors (Lipinski definition) is 5. The molecule has 1 N–H and O–H groups in total. The molecule has 1 unspecified atom stereocenters. The topological polar surface area (TPSA) is 73.6 Å². The molecule has 1 rings (SSSR count). The second-order valence-electron chi connectivity index (χ2n) is 3.73. The molecule has 0 aliphatic carbocycles. The zero-order valence-electron chi connectivity index (χ0n) is 10.5. The highest BCUT2D eigenvalue weighted by Crippen LogP contribution is 2.28. The van der Waals surface area contributed by atoms with Gasteiger partial charge in [0.05, 0.1) is 21.2 Å². The van der Waals surface area contributed by atoms with Crippen molar-refractivity contribution in [2.75, 3.05) is 32.7 Å². The van der Waals surface area contributed by atoms with Crippen molar-refractivity contribution in [2.45, 2.75) is 6.10 Å². The summed E-state index contributed by atoms with van der Waals surface area (Å²) in [5.41, 5.74) is -0.0425. The first-order chi connectivity index (χ1) is 8.99. The van der Waals surface area contributed by atoms with Crippen molar-refractivity contribution < 1.29 is 18.8 Å². The van der Waals surface area contributed by atoms with Gasteiger partial charge in [0, 0.05) is 32.9 Å². The highest BCUT2D eigenvalue weighted by molar-refractivity contribution is 14.1. The molecule has 19 heavy (non-hydrogen) atoms. The molecule has 0 radical (unpaired) electrons. The van der Waals surface area contributed by atoms with Crippen LogP contribution in [0.15, 0.2) is 12.1 Å². The smallest absolute Gasteiger partial charge is 0.293 e. The minimum atomic E-state index is -0.554. The minimum Gasteiger partial charge on any atom is -0.382 e. The first-order valence-electron chi connectivity index (χ1n) is 5.38. The number of ether oxygens (including phenoxy) is 2. The molecule has 0 bridgehead atoms. The van der Waals surface area contributed by atoms with E-state index in [0.717, 1.165) is 6.07 Å². The van der Waals surface area contributed by atoms with E-state index in [2.05, 4.69) is 5.32 Å². The first kappa shape index (κ1) is 16.1. The van der Waals surface area contributed by atoms with Crippen LogP contribution >= 0.6 is 22.6 Å². The fourth-order valence-corrected chi connectivity index (χ4v) is 1.90. The van der Waals surface area contributed by atoms with Crippen LogP contribution in [0, 0.1) is 19.5 Å². The summed E-state index contributed by atoms with van der Waals surface area (Å²) in [6.07, 6.45) is -0.271. The number of nitrogens with zero attached hydrogens (tertiary/aromatic N) is 1. The van der Waals surface area contributed by atoms with Crippen LogP contribution in [0.5, 0.6) is 0 Å². The zero-order chi connectivity index (χ0) is 14.4. The van der Waals surface area contributed by atoms with E-state index in [9.17, 15) is 14.5 Å². The molecule has 0 spiro atoms. The molecule has 1 aromatic carbocycles. The zero-order valence-corrected chi connectivity index (χ0v) is 12.6. The Morgan fingerprint density at radius 3 is 2.74 bits per heavy atom. The molecule has 0 aromatic heterocycles.